The van der Waals surface area contributed by atoms with E-state index in [9.17, 15) is 22.8 Å². The van der Waals surface area contributed by atoms with Gasteiger partial charge in [-0.2, -0.15) is 0 Å². The standard InChI is InChI=1S/C19H16ClF3N2O2/c20-13-9-10(1-4-14(13)22)24-19(27)12-2-5-15(23)18-11(12)3-6-16(18)25-17(26)7-8-21/h1-2,4-5,9,16H,3,6-8H2,(H,24,27)(H,25,26)/t16-/m0/s1. The highest BCUT2D eigenvalue weighted by molar-refractivity contribution is 6.31. The summed E-state index contributed by atoms with van der Waals surface area (Å²) in [5.74, 6) is -2.14. The lowest BCUT2D eigenvalue weighted by Crippen LogP contribution is -2.28. The first kappa shape index (κ1) is 19.2. The summed E-state index contributed by atoms with van der Waals surface area (Å²) < 4.78 is 39.9. The van der Waals surface area contributed by atoms with Crippen molar-refractivity contribution in [2.24, 2.45) is 0 Å². The number of anilines is 1. The second-order valence-corrected chi connectivity index (χ2v) is 6.58. The van der Waals surface area contributed by atoms with Gasteiger partial charge in [0.05, 0.1) is 24.2 Å². The molecule has 0 unspecified atom stereocenters. The summed E-state index contributed by atoms with van der Waals surface area (Å²) in [6.07, 6.45) is 0.510. The van der Waals surface area contributed by atoms with E-state index in [1.54, 1.807) is 0 Å². The van der Waals surface area contributed by atoms with Gasteiger partial charge in [-0.15, -0.1) is 0 Å². The van der Waals surface area contributed by atoms with Gasteiger partial charge >= 0.3 is 0 Å². The van der Waals surface area contributed by atoms with E-state index in [0.717, 1.165) is 12.1 Å². The average molecular weight is 397 g/mol. The maximum atomic E-state index is 14.3. The number of benzene rings is 2. The number of hydrogen-bond acceptors (Lipinski definition) is 2. The molecule has 2 aromatic carbocycles. The van der Waals surface area contributed by atoms with Gasteiger partial charge < -0.3 is 10.6 Å². The molecular formula is C19H16ClF3N2O2. The second kappa shape index (κ2) is 8.00. The van der Waals surface area contributed by atoms with E-state index in [1.807, 2.05) is 0 Å². The Balaban J connectivity index is 1.85. The van der Waals surface area contributed by atoms with Crippen molar-refractivity contribution in [2.75, 3.05) is 12.0 Å². The fourth-order valence-corrected chi connectivity index (χ4v) is 3.38. The van der Waals surface area contributed by atoms with Crippen molar-refractivity contribution in [3.63, 3.8) is 0 Å². The van der Waals surface area contributed by atoms with Gasteiger partial charge in [-0.05, 0) is 48.7 Å². The number of fused-ring (bicyclic) bond motifs is 1. The topological polar surface area (TPSA) is 58.2 Å². The molecule has 1 aliphatic rings. The number of amides is 2. The average Bonchev–Trinajstić information content (AvgIpc) is 3.03. The maximum Gasteiger partial charge on any atom is 0.255 e. The highest BCUT2D eigenvalue weighted by atomic mass is 35.5. The molecule has 0 heterocycles. The van der Waals surface area contributed by atoms with E-state index in [0.29, 0.717) is 24.1 Å². The largest absolute Gasteiger partial charge is 0.349 e. The van der Waals surface area contributed by atoms with Gasteiger partial charge in [0.2, 0.25) is 5.91 Å². The Morgan fingerprint density at radius 1 is 1.15 bits per heavy atom. The van der Waals surface area contributed by atoms with Crippen LogP contribution in [0.2, 0.25) is 5.02 Å². The Bertz CT molecular complexity index is 905. The first-order chi connectivity index (χ1) is 12.9. The van der Waals surface area contributed by atoms with Crippen LogP contribution in [0, 0.1) is 11.6 Å². The molecule has 1 atom stereocenters. The summed E-state index contributed by atoms with van der Waals surface area (Å²) in [6, 6.07) is 5.68. The number of rotatable bonds is 5. The quantitative estimate of drug-likeness (QED) is 0.790. The van der Waals surface area contributed by atoms with Crippen LogP contribution in [0.4, 0.5) is 18.9 Å². The summed E-state index contributed by atoms with van der Waals surface area (Å²) in [5.41, 5.74) is 1.29. The molecule has 142 valence electrons. The van der Waals surface area contributed by atoms with E-state index >= 15 is 0 Å². The zero-order valence-electron chi connectivity index (χ0n) is 14.1. The predicted molar refractivity (Wildman–Crippen MR) is 95.6 cm³/mol. The minimum atomic E-state index is -0.795. The lowest BCUT2D eigenvalue weighted by atomic mass is 10.0. The molecule has 0 spiro atoms. The number of nitrogens with one attached hydrogen (secondary N) is 2. The first-order valence-electron chi connectivity index (χ1n) is 8.33. The summed E-state index contributed by atoms with van der Waals surface area (Å²) >= 11 is 5.71. The van der Waals surface area contributed by atoms with Crippen molar-refractivity contribution >= 4 is 29.1 Å². The lowest BCUT2D eigenvalue weighted by molar-refractivity contribution is -0.122. The smallest absolute Gasteiger partial charge is 0.255 e. The molecule has 0 radical (unpaired) electrons. The van der Waals surface area contributed by atoms with Crippen molar-refractivity contribution < 1.29 is 22.8 Å². The van der Waals surface area contributed by atoms with E-state index < -0.39 is 36.2 Å². The third-order valence-corrected chi connectivity index (χ3v) is 4.70. The Morgan fingerprint density at radius 2 is 1.89 bits per heavy atom. The molecule has 3 rings (SSSR count). The Labute approximate surface area is 158 Å². The molecule has 4 nitrogen and oxygen atoms in total. The molecule has 0 fully saturated rings. The molecule has 0 aliphatic heterocycles. The van der Waals surface area contributed by atoms with E-state index in [4.69, 9.17) is 11.6 Å². The minimum Gasteiger partial charge on any atom is -0.349 e. The van der Waals surface area contributed by atoms with Gasteiger partial charge in [-0.1, -0.05) is 11.6 Å². The zero-order valence-corrected chi connectivity index (χ0v) is 14.9. The van der Waals surface area contributed by atoms with E-state index in [1.165, 1.54) is 18.2 Å². The second-order valence-electron chi connectivity index (χ2n) is 6.17. The van der Waals surface area contributed by atoms with E-state index in [2.05, 4.69) is 10.6 Å². The molecular weight excluding hydrogens is 381 g/mol. The fraction of sp³-hybridized carbons (Fsp3) is 0.263. The van der Waals surface area contributed by atoms with Crippen LogP contribution in [0.1, 0.15) is 40.4 Å². The number of hydrogen-bond donors (Lipinski definition) is 2. The van der Waals surface area contributed by atoms with Crippen LogP contribution in [0.25, 0.3) is 0 Å². The fourth-order valence-electron chi connectivity index (χ4n) is 3.20. The van der Waals surface area contributed by atoms with Gasteiger partial charge in [0, 0.05) is 16.8 Å². The number of alkyl halides is 1. The summed E-state index contributed by atoms with van der Waals surface area (Å²) in [4.78, 5) is 24.2. The highest BCUT2D eigenvalue weighted by Gasteiger charge is 2.31. The van der Waals surface area contributed by atoms with Crippen LogP contribution in [0.15, 0.2) is 30.3 Å². The van der Waals surface area contributed by atoms with Crippen molar-refractivity contribution in [3.8, 4) is 0 Å². The van der Waals surface area contributed by atoms with Crippen molar-refractivity contribution in [3.05, 3.63) is 63.7 Å². The van der Waals surface area contributed by atoms with Gasteiger partial charge in [0.15, 0.2) is 0 Å². The minimum absolute atomic E-state index is 0.132. The molecule has 0 aromatic heterocycles. The molecule has 0 saturated carbocycles. The van der Waals surface area contributed by atoms with Crippen LogP contribution < -0.4 is 10.6 Å². The molecule has 1 aliphatic carbocycles. The van der Waals surface area contributed by atoms with Gasteiger partial charge in [-0.25, -0.2) is 8.78 Å². The predicted octanol–water partition coefficient (Wildman–Crippen LogP) is 4.33. The van der Waals surface area contributed by atoms with Crippen LogP contribution in [0.3, 0.4) is 0 Å². The van der Waals surface area contributed by atoms with Crippen LogP contribution in [-0.2, 0) is 11.2 Å². The molecule has 8 heteroatoms. The van der Waals surface area contributed by atoms with Gasteiger partial charge in [0.25, 0.3) is 5.91 Å². The lowest BCUT2D eigenvalue weighted by Gasteiger charge is -2.16. The third-order valence-electron chi connectivity index (χ3n) is 4.41. The van der Waals surface area contributed by atoms with Crippen LogP contribution >= 0.6 is 11.6 Å². The van der Waals surface area contributed by atoms with Crippen LogP contribution in [-0.4, -0.2) is 18.5 Å². The maximum absolute atomic E-state index is 14.3. The molecule has 2 amide bonds. The summed E-state index contributed by atoms with van der Waals surface area (Å²) in [6.45, 7) is -0.795. The van der Waals surface area contributed by atoms with Gasteiger partial charge in [-0.3, -0.25) is 14.0 Å². The molecule has 2 aromatic rings. The number of carbonyl (C=O) groups excluding carboxylic acids is 2. The normalized spacial score (nSPS) is 15.3. The molecule has 27 heavy (non-hydrogen) atoms. The summed E-state index contributed by atoms with van der Waals surface area (Å²) in [7, 11) is 0. The van der Waals surface area contributed by atoms with Crippen molar-refractivity contribution in [2.45, 2.75) is 25.3 Å². The van der Waals surface area contributed by atoms with Crippen molar-refractivity contribution in [1.82, 2.24) is 5.32 Å². The molecule has 0 saturated heterocycles. The molecule has 0 bridgehead atoms. The van der Waals surface area contributed by atoms with Crippen LogP contribution in [0.5, 0.6) is 0 Å². The Morgan fingerprint density at radius 3 is 2.59 bits per heavy atom. The SMILES string of the molecule is O=C(CCF)N[C@H]1CCc2c(C(=O)Nc3ccc(F)c(Cl)c3)ccc(F)c21. The number of halogens is 4. The van der Waals surface area contributed by atoms with E-state index in [-0.39, 0.29) is 22.6 Å². The van der Waals surface area contributed by atoms with Gasteiger partial charge in [0.1, 0.15) is 11.6 Å². The Kier molecular flexibility index (Phi) is 5.70. The van der Waals surface area contributed by atoms with Crippen molar-refractivity contribution in [1.29, 1.82) is 0 Å². The monoisotopic (exact) mass is 396 g/mol. The third kappa shape index (κ3) is 4.08. The zero-order chi connectivity index (χ0) is 19.6. The first-order valence-corrected chi connectivity index (χ1v) is 8.71. The molecule has 2 N–H and O–H groups in total. The Hall–Kier alpha value is -2.54. The highest BCUT2D eigenvalue weighted by Crippen LogP contribution is 2.36. The number of carbonyl (C=O) groups is 2. The summed E-state index contributed by atoms with van der Waals surface area (Å²) in [5, 5.41) is 5.07.